The number of anilines is 2. The van der Waals surface area contributed by atoms with E-state index >= 15 is 0 Å². The monoisotopic (exact) mass is 548 g/mol. The van der Waals surface area contributed by atoms with Gasteiger partial charge in [0.05, 0.1) is 24.0 Å². The molecule has 2 aliphatic rings. The standard InChI is InChI=1S/C30H37ClN6O2/c1-23-20-24(10-11-26(23)31)21-28(38)36-18-16-35(17-19-36)27-22-33-37(25-8-4-2-5-9-25)30(39)29(27)32-12-15-34-13-6-3-7-14-34/h2,4-5,8-11,20,22,32H,3,6-7,12-19,21H2,1H3. The summed E-state index contributed by atoms with van der Waals surface area (Å²) in [5.74, 6) is 0.105. The smallest absolute Gasteiger partial charge is 0.296 e. The van der Waals surface area contributed by atoms with Crippen molar-refractivity contribution in [3.63, 3.8) is 0 Å². The number of piperidine rings is 1. The van der Waals surface area contributed by atoms with Gasteiger partial charge in [-0.3, -0.25) is 9.59 Å². The van der Waals surface area contributed by atoms with Gasteiger partial charge in [0.2, 0.25) is 5.91 Å². The molecule has 2 fully saturated rings. The first-order valence-electron chi connectivity index (χ1n) is 13.9. The predicted octanol–water partition coefficient (Wildman–Crippen LogP) is 3.98. The topological polar surface area (TPSA) is 73.7 Å². The Morgan fingerprint density at radius 3 is 2.44 bits per heavy atom. The van der Waals surface area contributed by atoms with Crippen LogP contribution in [0.1, 0.15) is 30.4 Å². The first-order chi connectivity index (χ1) is 19.0. The van der Waals surface area contributed by atoms with Crippen molar-refractivity contribution in [2.24, 2.45) is 0 Å². The van der Waals surface area contributed by atoms with E-state index < -0.39 is 0 Å². The van der Waals surface area contributed by atoms with E-state index in [0.29, 0.717) is 49.9 Å². The summed E-state index contributed by atoms with van der Waals surface area (Å²) in [4.78, 5) is 33.2. The number of carbonyl (C=O) groups excluding carboxylic acids is 1. The summed E-state index contributed by atoms with van der Waals surface area (Å²) in [6.07, 6.45) is 5.92. The summed E-state index contributed by atoms with van der Waals surface area (Å²) in [5.41, 5.74) is 3.89. The van der Waals surface area contributed by atoms with Crippen LogP contribution >= 0.6 is 11.6 Å². The molecule has 2 aromatic carbocycles. The SMILES string of the molecule is Cc1cc(CC(=O)N2CCN(c3cnn(-c4ccccc4)c(=O)c3NCCN3CCCCC3)CC2)ccc1Cl. The van der Waals surface area contributed by atoms with Crippen molar-refractivity contribution < 1.29 is 4.79 Å². The van der Waals surface area contributed by atoms with Crippen LogP contribution in [0.2, 0.25) is 5.02 Å². The summed E-state index contributed by atoms with van der Waals surface area (Å²) < 4.78 is 1.46. The highest BCUT2D eigenvalue weighted by molar-refractivity contribution is 6.31. The van der Waals surface area contributed by atoms with Gasteiger partial charge in [0.15, 0.2) is 0 Å². The Bertz CT molecular complexity index is 1330. The number of hydrogen-bond donors (Lipinski definition) is 1. The highest BCUT2D eigenvalue weighted by atomic mass is 35.5. The van der Waals surface area contributed by atoms with E-state index in [0.717, 1.165) is 42.1 Å². The van der Waals surface area contributed by atoms with Crippen LogP contribution < -0.4 is 15.8 Å². The van der Waals surface area contributed by atoms with E-state index in [4.69, 9.17) is 11.6 Å². The van der Waals surface area contributed by atoms with Crippen molar-refractivity contribution in [1.82, 2.24) is 19.6 Å². The van der Waals surface area contributed by atoms with Crippen molar-refractivity contribution in [3.8, 4) is 5.69 Å². The number of nitrogens with one attached hydrogen (secondary N) is 1. The van der Waals surface area contributed by atoms with Gasteiger partial charge in [0, 0.05) is 44.3 Å². The second-order valence-corrected chi connectivity index (χ2v) is 10.8. The van der Waals surface area contributed by atoms with Crippen LogP contribution in [0.3, 0.4) is 0 Å². The lowest BCUT2D eigenvalue weighted by molar-refractivity contribution is -0.130. The molecule has 0 saturated carbocycles. The van der Waals surface area contributed by atoms with E-state index in [1.54, 1.807) is 6.20 Å². The van der Waals surface area contributed by atoms with Crippen LogP contribution in [-0.4, -0.2) is 77.8 Å². The Kier molecular flexibility index (Phi) is 8.84. The molecule has 9 heteroatoms. The van der Waals surface area contributed by atoms with Gasteiger partial charge in [-0.15, -0.1) is 0 Å². The van der Waals surface area contributed by atoms with Crippen molar-refractivity contribution in [2.45, 2.75) is 32.6 Å². The van der Waals surface area contributed by atoms with Gasteiger partial charge in [-0.2, -0.15) is 9.78 Å². The van der Waals surface area contributed by atoms with E-state index in [2.05, 4.69) is 20.2 Å². The number of para-hydroxylation sites is 1. The molecule has 2 aliphatic heterocycles. The Labute approximate surface area is 235 Å². The zero-order valence-corrected chi connectivity index (χ0v) is 23.4. The average molecular weight is 549 g/mol. The number of nitrogens with zero attached hydrogens (tertiary/aromatic N) is 5. The zero-order chi connectivity index (χ0) is 27.2. The number of benzene rings is 2. The van der Waals surface area contributed by atoms with Crippen molar-refractivity contribution >= 4 is 28.9 Å². The minimum atomic E-state index is -0.158. The Balaban J connectivity index is 1.29. The number of likely N-dealkylation sites (tertiary alicyclic amines) is 1. The third kappa shape index (κ3) is 6.62. The molecular formula is C30H37ClN6O2. The third-order valence-electron chi connectivity index (χ3n) is 7.69. The molecule has 3 heterocycles. The molecular weight excluding hydrogens is 512 g/mol. The van der Waals surface area contributed by atoms with Crippen LogP contribution in [0.15, 0.2) is 59.5 Å². The van der Waals surface area contributed by atoms with E-state index in [-0.39, 0.29) is 11.5 Å². The maximum absolute atomic E-state index is 13.7. The maximum atomic E-state index is 13.7. The molecule has 3 aromatic rings. The lowest BCUT2D eigenvalue weighted by atomic mass is 10.1. The maximum Gasteiger partial charge on any atom is 0.296 e. The molecule has 0 spiro atoms. The van der Waals surface area contributed by atoms with Crippen LogP contribution in [0.25, 0.3) is 5.69 Å². The third-order valence-corrected chi connectivity index (χ3v) is 8.11. The molecule has 1 amide bonds. The molecule has 39 heavy (non-hydrogen) atoms. The van der Waals surface area contributed by atoms with Crippen LogP contribution in [0.4, 0.5) is 11.4 Å². The molecule has 0 bridgehead atoms. The fraction of sp³-hybridized carbons (Fsp3) is 0.433. The Morgan fingerprint density at radius 1 is 0.974 bits per heavy atom. The highest BCUT2D eigenvalue weighted by Gasteiger charge is 2.25. The average Bonchev–Trinajstić information content (AvgIpc) is 2.97. The molecule has 206 valence electrons. The lowest BCUT2D eigenvalue weighted by Gasteiger charge is -2.37. The minimum Gasteiger partial charge on any atom is -0.377 e. The predicted molar refractivity (Wildman–Crippen MR) is 157 cm³/mol. The summed E-state index contributed by atoms with van der Waals surface area (Å²) in [6, 6.07) is 15.3. The summed E-state index contributed by atoms with van der Waals surface area (Å²) in [6.45, 7) is 8.26. The largest absolute Gasteiger partial charge is 0.377 e. The van der Waals surface area contributed by atoms with Gasteiger partial charge >= 0.3 is 0 Å². The Hall–Kier alpha value is -3.36. The number of aromatic nitrogens is 2. The molecule has 0 radical (unpaired) electrons. The van der Waals surface area contributed by atoms with Crippen molar-refractivity contribution in [1.29, 1.82) is 0 Å². The van der Waals surface area contributed by atoms with Gasteiger partial charge in [-0.1, -0.05) is 48.4 Å². The van der Waals surface area contributed by atoms with Crippen LogP contribution in [0.5, 0.6) is 0 Å². The second-order valence-electron chi connectivity index (χ2n) is 10.4. The summed E-state index contributed by atoms with van der Waals surface area (Å²) >= 11 is 6.14. The lowest BCUT2D eigenvalue weighted by Crippen LogP contribution is -2.49. The molecule has 1 N–H and O–H groups in total. The summed E-state index contributed by atoms with van der Waals surface area (Å²) in [5, 5.41) is 8.70. The molecule has 0 atom stereocenters. The fourth-order valence-electron chi connectivity index (χ4n) is 5.43. The second kappa shape index (κ2) is 12.7. The van der Waals surface area contributed by atoms with Gasteiger partial charge in [0.25, 0.3) is 5.56 Å². The molecule has 8 nitrogen and oxygen atoms in total. The number of aryl methyl sites for hydroxylation is 1. The number of amides is 1. The van der Waals surface area contributed by atoms with Gasteiger partial charge in [0.1, 0.15) is 5.69 Å². The molecule has 5 rings (SSSR count). The van der Waals surface area contributed by atoms with E-state index in [9.17, 15) is 9.59 Å². The quantitative estimate of drug-likeness (QED) is 0.459. The number of halogens is 1. The zero-order valence-electron chi connectivity index (χ0n) is 22.6. The van der Waals surface area contributed by atoms with Gasteiger partial charge in [-0.05, 0) is 62.2 Å². The van der Waals surface area contributed by atoms with Crippen LogP contribution in [-0.2, 0) is 11.2 Å². The molecule has 2 saturated heterocycles. The molecule has 0 aliphatic carbocycles. The van der Waals surface area contributed by atoms with Gasteiger partial charge in [-0.25, -0.2) is 0 Å². The van der Waals surface area contributed by atoms with E-state index in [1.165, 1.54) is 23.9 Å². The van der Waals surface area contributed by atoms with Crippen molar-refractivity contribution in [2.75, 3.05) is 62.6 Å². The van der Waals surface area contributed by atoms with Crippen molar-refractivity contribution in [3.05, 3.63) is 81.2 Å². The molecule has 0 unspecified atom stereocenters. The molecule has 1 aromatic heterocycles. The highest BCUT2D eigenvalue weighted by Crippen LogP contribution is 2.24. The van der Waals surface area contributed by atoms with Crippen LogP contribution in [0, 0.1) is 6.92 Å². The number of carbonyl (C=O) groups is 1. The summed E-state index contributed by atoms with van der Waals surface area (Å²) in [7, 11) is 0. The van der Waals surface area contributed by atoms with Gasteiger partial charge < -0.3 is 20.0 Å². The fourth-order valence-corrected chi connectivity index (χ4v) is 5.54. The van der Waals surface area contributed by atoms with E-state index in [1.807, 2.05) is 60.4 Å². The first kappa shape index (κ1) is 27.2. The first-order valence-corrected chi connectivity index (χ1v) is 14.3. The number of hydrogen-bond acceptors (Lipinski definition) is 6. The normalized spacial score (nSPS) is 16.4. The Morgan fingerprint density at radius 2 is 1.72 bits per heavy atom. The number of rotatable bonds is 8. The minimum absolute atomic E-state index is 0.105. The number of piperazine rings is 1.